The highest BCUT2D eigenvalue weighted by atomic mass is 32.1. The van der Waals surface area contributed by atoms with Crippen molar-refractivity contribution in [1.29, 1.82) is 0 Å². The minimum absolute atomic E-state index is 0.183. The average Bonchev–Trinajstić information content (AvgIpc) is 3.33. The summed E-state index contributed by atoms with van der Waals surface area (Å²) >= 11 is 1.48. The third-order valence-corrected chi connectivity index (χ3v) is 4.18. The fourth-order valence-electron chi connectivity index (χ4n) is 2.13. The van der Waals surface area contributed by atoms with Crippen LogP contribution < -0.4 is 10.6 Å². The zero-order valence-corrected chi connectivity index (χ0v) is 14.1. The van der Waals surface area contributed by atoms with Crippen LogP contribution in [-0.4, -0.2) is 11.8 Å². The van der Waals surface area contributed by atoms with Crippen LogP contribution in [-0.2, 0) is 11.3 Å². The maximum atomic E-state index is 12.5. The van der Waals surface area contributed by atoms with E-state index in [9.17, 15) is 9.59 Å². The summed E-state index contributed by atoms with van der Waals surface area (Å²) in [6.45, 7) is 0.245. The number of furan rings is 1. The largest absolute Gasteiger partial charge is 0.467 e. The van der Waals surface area contributed by atoms with E-state index in [0.717, 1.165) is 4.88 Å². The lowest BCUT2D eigenvalue weighted by Crippen LogP contribution is -2.34. The molecule has 0 saturated carbocycles. The molecule has 0 spiro atoms. The first-order valence-electron chi connectivity index (χ1n) is 7.64. The fourth-order valence-corrected chi connectivity index (χ4v) is 2.79. The molecule has 0 unspecified atom stereocenters. The van der Waals surface area contributed by atoms with Crippen LogP contribution in [0.4, 0.5) is 0 Å². The Bertz CT molecular complexity index is 853. The molecule has 25 heavy (non-hydrogen) atoms. The van der Waals surface area contributed by atoms with Gasteiger partial charge in [-0.3, -0.25) is 9.59 Å². The number of carbonyl (C=O) groups is 2. The highest BCUT2D eigenvalue weighted by molar-refractivity contribution is 7.10. The number of nitrogens with one attached hydrogen (secondary N) is 2. The summed E-state index contributed by atoms with van der Waals surface area (Å²) in [5.74, 6) is -0.0798. The molecule has 0 atom stereocenters. The van der Waals surface area contributed by atoms with Gasteiger partial charge in [-0.25, -0.2) is 0 Å². The van der Waals surface area contributed by atoms with Crippen molar-refractivity contribution in [2.45, 2.75) is 6.54 Å². The highest BCUT2D eigenvalue weighted by Gasteiger charge is 2.15. The molecule has 5 nitrogen and oxygen atoms in total. The Balaban J connectivity index is 1.75. The van der Waals surface area contributed by atoms with Gasteiger partial charge in [-0.15, -0.1) is 11.3 Å². The predicted octanol–water partition coefficient (Wildman–Crippen LogP) is 3.43. The van der Waals surface area contributed by atoms with Gasteiger partial charge in [0, 0.05) is 10.4 Å². The molecule has 6 heteroatoms. The van der Waals surface area contributed by atoms with E-state index in [1.165, 1.54) is 11.3 Å². The van der Waals surface area contributed by atoms with E-state index in [1.807, 2.05) is 23.6 Å². The van der Waals surface area contributed by atoms with Crippen LogP contribution in [0.2, 0.25) is 0 Å². The quantitative estimate of drug-likeness (QED) is 0.668. The number of carbonyl (C=O) groups excluding carboxylic acids is 2. The minimum atomic E-state index is -0.380. The van der Waals surface area contributed by atoms with Crippen LogP contribution >= 0.6 is 11.3 Å². The van der Waals surface area contributed by atoms with Gasteiger partial charge in [0.15, 0.2) is 0 Å². The van der Waals surface area contributed by atoms with Crippen molar-refractivity contribution in [2.75, 3.05) is 0 Å². The van der Waals surface area contributed by atoms with Crippen molar-refractivity contribution in [3.63, 3.8) is 0 Å². The number of amides is 2. The molecule has 2 amide bonds. The lowest BCUT2D eigenvalue weighted by molar-refractivity contribution is -0.118. The van der Waals surface area contributed by atoms with Crippen LogP contribution in [0.15, 0.2) is 76.4 Å². The third kappa shape index (κ3) is 4.68. The normalized spacial score (nSPS) is 11.1. The smallest absolute Gasteiger partial charge is 0.268 e. The number of benzene rings is 1. The van der Waals surface area contributed by atoms with E-state index in [1.54, 1.807) is 48.7 Å². The van der Waals surface area contributed by atoms with Crippen LogP contribution in [0.1, 0.15) is 21.0 Å². The molecular weight excluding hydrogens is 336 g/mol. The van der Waals surface area contributed by atoms with Crippen LogP contribution in [0, 0.1) is 0 Å². The second kappa shape index (κ2) is 8.12. The standard InChI is InChI=1S/C19H16N2O3S/c22-18(14-6-2-1-3-7-14)21-17(12-16-9-5-11-25-16)19(23)20-13-15-8-4-10-24-15/h1-12H,13H2,(H,20,23)(H,21,22)/b17-12-. The number of hydrogen-bond acceptors (Lipinski definition) is 4. The van der Waals surface area contributed by atoms with Gasteiger partial charge < -0.3 is 15.1 Å². The SMILES string of the molecule is O=C(NCc1ccco1)/C(=C/c1cccs1)NC(=O)c1ccccc1. The van der Waals surface area contributed by atoms with Crippen molar-refractivity contribution in [2.24, 2.45) is 0 Å². The number of hydrogen-bond donors (Lipinski definition) is 2. The maximum Gasteiger partial charge on any atom is 0.268 e. The van der Waals surface area contributed by atoms with Gasteiger partial charge in [0.1, 0.15) is 11.5 Å². The molecular formula is C19H16N2O3S. The van der Waals surface area contributed by atoms with Crippen LogP contribution in [0.3, 0.4) is 0 Å². The third-order valence-electron chi connectivity index (χ3n) is 3.36. The Morgan fingerprint density at radius 1 is 1.04 bits per heavy atom. The maximum absolute atomic E-state index is 12.5. The molecule has 126 valence electrons. The van der Waals surface area contributed by atoms with Crippen molar-refractivity contribution >= 4 is 29.2 Å². The molecule has 0 aliphatic carbocycles. The lowest BCUT2D eigenvalue weighted by atomic mass is 10.2. The Hall–Kier alpha value is -3.12. The molecule has 1 aromatic carbocycles. The number of thiophene rings is 1. The predicted molar refractivity (Wildman–Crippen MR) is 96.8 cm³/mol. The summed E-state index contributed by atoms with van der Waals surface area (Å²) in [6.07, 6.45) is 3.20. The molecule has 0 bridgehead atoms. The minimum Gasteiger partial charge on any atom is -0.467 e. The van der Waals surface area contributed by atoms with Gasteiger partial charge in [-0.05, 0) is 41.8 Å². The molecule has 2 N–H and O–H groups in total. The first-order chi connectivity index (χ1) is 12.2. The Labute approximate surface area is 149 Å². The van der Waals surface area contributed by atoms with Gasteiger partial charge in [0.2, 0.25) is 0 Å². The molecule has 0 fully saturated rings. The molecule has 0 saturated heterocycles. The topological polar surface area (TPSA) is 71.3 Å². The van der Waals surface area contributed by atoms with Gasteiger partial charge in [0.05, 0.1) is 12.8 Å². The molecule has 3 aromatic rings. The molecule has 3 rings (SSSR count). The van der Waals surface area contributed by atoms with E-state index >= 15 is 0 Å². The van der Waals surface area contributed by atoms with E-state index in [0.29, 0.717) is 11.3 Å². The van der Waals surface area contributed by atoms with Crippen molar-refractivity contribution in [3.8, 4) is 0 Å². The zero-order chi connectivity index (χ0) is 17.5. The average molecular weight is 352 g/mol. The molecule has 0 radical (unpaired) electrons. The summed E-state index contributed by atoms with van der Waals surface area (Å²) < 4.78 is 5.20. The van der Waals surface area contributed by atoms with Crippen LogP contribution in [0.5, 0.6) is 0 Å². The number of rotatable bonds is 6. The van der Waals surface area contributed by atoms with E-state index in [2.05, 4.69) is 10.6 Å². The zero-order valence-electron chi connectivity index (χ0n) is 13.3. The molecule has 2 aromatic heterocycles. The van der Waals surface area contributed by atoms with Crippen LogP contribution in [0.25, 0.3) is 6.08 Å². The second-order valence-electron chi connectivity index (χ2n) is 5.16. The summed E-state index contributed by atoms with van der Waals surface area (Å²) in [5, 5.41) is 7.34. The van der Waals surface area contributed by atoms with Crippen molar-refractivity contribution < 1.29 is 14.0 Å². The Morgan fingerprint density at radius 3 is 2.56 bits per heavy atom. The first-order valence-corrected chi connectivity index (χ1v) is 8.52. The first kappa shape index (κ1) is 16.7. The molecule has 2 heterocycles. The Kier molecular flexibility index (Phi) is 5.43. The van der Waals surface area contributed by atoms with E-state index in [-0.39, 0.29) is 24.1 Å². The summed E-state index contributed by atoms with van der Waals surface area (Å²) in [6, 6.07) is 16.0. The van der Waals surface area contributed by atoms with Gasteiger partial charge in [-0.2, -0.15) is 0 Å². The monoisotopic (exact) mass is 352 g/mol. The molecule has 0 aliphatic heterocycles. The van der Waals surface area contributed by atoms with E-state index < -0.39 is 0 Å². The van der Waals surface area contributed by atoms with Crippen molar-refractivity contribution in [3.05, 3.63) is 88.1 Å². The Morgan fingerprint density at radius 2 is 1.88 bits per heavy atom. The highest BCUT2D eigenvalue weighted by Crippen LogP contribution is 2.13. The summed E-state index contributed by atoms with van der Waals surface area (Å²) in [4.78, 5) is 25.7. The van der Waals surface area contributed by atoms with Gasteiger partial charge in [-0.1, -0.05) is 24.3 Å². The summed E-state index contributed by atoms with van der Waals surface area (Å²) in [5.41, 5.74) is 0.668. The van der Waals surface area contributed by atoms with Crippen molar-refractivity contribution in [1.82, 2.24) is 10.6 Å². The van der Waals surface area contributed by atoms with E-state index in [4.69, 9.17) is 4.42 Å². The van der Waals surface area contributed by atoms with Gasteiger partial charge >= 0.3 is 0 Å². The molecule has 0 aliphatic rings. The lowest BCUT2D eigenvalue weighted by Gasteiger charge is -2.10. The summed E-state index contributed by atoms with van der Waals surface area (Å²) in [7, 11) is 0. The fraction of sp³-hybridized carbons (Fsp3) is 0.0526. The van der Waals surface area contributed by atoms with Gasteiger partial charge in [0.25, 0.3) is 11.8 Å². The second-order valence-corrected chi connectivity index (χ2v) is 6.13.